The first kappa shape index (κ1) is 11.8. The molecule has 0 amide bonds. The Labute approximate surface area is 83.5 Å². The Morgan fingerprint density at radius 1 is 1.17 bits per heavy atom. The van der Waals surface area contributed by atoms with Crippen molar-refractivity contribution in [3.63, 3.8) is 0 Å². The van der Waals surface area contributed by atoms with Gasteiger partial charge in [-0.3, -0.25) is 0 Å². The summed E-state index contributed by atoms with van der Waals surface area (Å²) in [6.07, 6.45) is 0. The first-order valence-corrected chi connectivity index (χ1v) is 4.31. The van der Waals surface area contributed by atoms with Crippen LogP contribution in [0.2, 0.25) is 0 Å². The van der Waals surface area contributed by atoms with Crippen LogP contribution in [0.25, 0.3) is 0 Å². The molecule has 12 heavy (non-hydrogen) atoms. The second kappa shape index (κ2) is 4.76. The van der Waals surface area contributed by atoms with Crippen molar-refractivity contribution in [1.82, 2.24) is 0 Å². The fourth-order valence-electron chi connectivity index (χ4n) is 0.610. The van der Waals surface area contributed by atoms with Gasteiger partial charge < -0.3 is 18.9 Å². The molecule has 0 aliphatic carbocycles. The summed E-state index contributed by atoms with van der Waals surface area (Å²) in [6.45, 7) is 0. The van der Waals surface area contributed by atoms with Crippen LogP contribution in [0.4, 0.5) is 0 Å². The van der Waals surface area contributed by atoms with E-state index in [1.807, 2.05) is 0 Å². The van der Waals surface area contributed by atoms with Crippen molar-refractivity contribution in [2.75, 3.05) is 0 Å². The predicted molar refractivity (Wildman–Crippen MR) is 34.7 cm³/mol. The summed E-state index contributed by atoms with van der Waals surface area (Å²) in [4.78, 5) is 20.1. The largest absolute Gasteiger partial charge is 2.00 e. The summed E-state index contributed by atoms with van der Waals surface area (Å²) >= 11 is 0. The average molecular weight is 278 g/mol. The van der Waals surface area contributed by atoms with Gasteiger partial charge in [-0.1, -0.05) is 18.2 Å². The third kappa shape index (κ3) is 4.66. The first-order chi connectivity index (χ1) is 5.08. The van der Waals surface area contributed by atoms with E-state index in [1.54, 1.807) is 18.2 Å². The minimum atomic E-state index is -4.89. The Morgan fingerprint density at radius 3 is 2.08 bits per heavy atom. The van der Waals surface area contributed by atoms with Crippen LogP contribution < -0.4 is 14.3 Å². The van der Waals surface area contributed by atoms with E-state index in [1.165, 1.54) is 12.1 Å². The van der Waals surface area contributed by atoms with Gasteiger partial charge in [-0.25, -0.2) is 0 Å². The monoisotopic (exact) mass is 278 g/mol. The van der Waals surface area contributed by atoms with Crippen molar-refractivity contribution in [1.29, 1.82) is 0 Å². The molecule has 0 radical (unpaired) electrons. The van der Waals surface area contributed by atoms with Crippen molar-refractivity contribution in [3.8, 4) is 5.75 Å². The normalized spacial score (nSPS) is 10.2. The second-order valence-corrected chi connectivity index (χ2v) is 2.93. The standard InChI is InChI=1S/C6H7O4P.Pd/c7-11(8,9)10-6-4-2-1-3-5-6;/h1-5H,(H2,7,8,9);/q;+2/p-2. The number of hydrogen-bond donors (Lipinski definition) is 0. The molecular formula is C6H5O4PPd. The number of benzene rings is 1. The second-order valence-electron chi connectivity index (χ2n) is 1.85. The minimum Gasteiger partial charge on any atom is -0.780 e. The Hall–Kier alpha value is -0.168. The Morgan fingerprint density at radius 2 is 1.67 bits per heavy atom. The summed E-state index contributed by atoms with van der Waals surface area (Å²) in [5.41, 5.74) is 0. The summed E-state index contributed by atoms with van der Waals surface area (Å²) in [5, 5.41) is 0. The molecule has 6 heteroatoms. The molecule has 0 bridgehead atoms. The zero-order chi connectivity index (χ0) is 8.32. The van der Waals surface area contributed by atoms with Crippen LogP contribution in [-0.2, 0) is 25.0 Å². The van der Waals surface area contributed by atoms with Crippen LogP contribution in [0, 0.1) is 0 Å². The molecule has 1 aromatic carbocycles. The molecule has 0 unspecified atom stereocenters. The molecule has 0 saturated carbocycles. The topological polar surface area (TPSA) is 72.4 Å². The number of phosphoric acid groups is 1. The molecule has 1 aromatic rings. The van der Waals surface area contributed by atoms with Crippen LogP contribution in [0.1, 0.15) is 0 Å². The van der Waals surface area contributed by atoms with E-state index in [9.17, 15) is 14.4 Å². The van der Waals surface area contributed by atoms with Gasteiger partial charge in [0.2, 0.25) is 0 Å². The summed E-state index contributed by atoms with van der Waals surface area (Å²) in [6, 6.07) is 7.62. The molecule has 68 valence electrons. The summed E-state index contributed by atoms with van der Waals surface area (Å²) < 4.78 is 14.1. The van der Waals surface area contributed by atoms with Crippen LogP contribution in [0.5, 0.6) is 5.75 Å². The fourth-order valence-corrected chi connectivity index (χ4v) is 0.990. The van der Waals surface area contributed by atoms with Crippen LogP contribution in [0.3, 0.4) is 0 Å². The van der Waals surface area contributed by atoms with Gasteiger partial charge in [-0.2, -0.15) is 0 Å². The van der Waals surface area contributed by atoms with Crippen molar-refractivity contribution >= 4 is 7.82 Å². The van der Waals surface area contributed by atoms with E-state index in [2.05, 4.69) is 4.52 Å². The molecule has 0 aromatic heterocycles. The maximum atomic E-state index is 10.1. The van der Waals surface area contributed by atoms with E-state index >= 15 is 0 Å². The minimum absolute atomic E-state index is 0. The Kier molecular flexibility index (Phi) is 4.69. The number of hydrogen-bond acceptors (Lipinski definition) is 4. The van der Waals surface area contributed by atoms with Gasteiger partial charge in [0, 0.05) is 0 Å². The van der Waals surface area contributed by atoms with Gasteiger partial charge in [0.1, 0.15) is 13.6 Å². The maximum absolute atomic E-state index is 10.1. The van der Waals surface area contributed by atoms with E-state index in [0.29, 0.717) is 0 Å². The SMILES string of the molecule is O=P([O-])([O-])Oc1ccccc1.[Pd+2]. The zero-order valence-electron chi connectivity index (χ0n) is 5.78. The average Bonchev–Trinajstić information content (AvgIpc) is 1.85. The fraction of sp³-hybridized carbons (Fsp3) is 0. The van der Waals surface area contributed by atoms with Crippen LogP contribution >= 0.6 is 7.82 Å². The third-order valence-corrected chi connectivity index (χ3v) is 1.39. The summed E-state index contributed by atoms with van der Waals surface area (Å²) in [7, 11) is -4.89. The molecular weight excluding hydrogens is 273 g/mol. The molecule has 0 aliphatic rings. The van der Waals surface area contributed by atoms with E-state index < -0.39 is 7.82 Å². The molecule has 0 fully saturated rings. The smallest absolute Gasteiger partial charge is 0.780 e. The number of phosphoric ester groups is 1. The number of rotatable bonds is 2. The molecule has 0 spiro atoms. The third-order valence-electron chi connectivity index (χ3n) is 0.960. The van der Waals surface area contributed by atoms with E-state index in [-0.39, 0.29) is 26.2 Å². The zero-order valence-corrected chi connectivity index (χ0v) is 8.23. The van der Waals surface area contributed by atoms with Gasteiger partial charge >= 0.3 is 20.4 Å². The van der Waals surface area contributed by atoms with Gasteiger partial charge in [0.15, 0.2) is 0 Å². The molecule has 1 rings (SSSR count). The van der Waals surface area contributed by atoms with Crippen LogP contribution in [-0.4, -0.2) is 0 Å². The van der Waals surface area contributed by atoms with E-state index in [4.69, 9.17) is 0 Å². The quantitative estimate of drug-likeness (QED) is 0.559. The van der Waals surface area contributed by atoms with Crippen molar-refractivity contribution in [2.24, 2.45) is 0 Å². The van der Waals surface area contributed by atoms with Gasteiger partial charge in [0.25, 0.3) is 0 Å². The molecule has 4 nitrogen and oxygen atoms in total. The molecule has 0 atom stereocenters. The molecule has 0 N–H and O–H groups in total. The first-order valence-electron chi connectivity index (χ1n) is 2.85. The number of para-hydroxylation sites is 1. The van der Waals surface area contributed by atoms with Crippen molar-refractivity contribution in [3.05, 3.63) is 30.3 Å². The Balaban J connectivity index is 0.00000121. The van der Waals surface area contributed by atoms with E-state index in [0.717, 1.165) is 0 Å². The summed E-state index contributed by atoms with van der Waals surface area (Å²) in [5.74, 6) is 0.0424. The van der Waals surface area contributed by atoms with Gasteiger partial charge in [-0.05, 0) is 12.1 Å². The van der Waals surface area contributed by atoms with Crippen molar-refractivity contribution in [2.45, 2.75) is 0 Å². The van der Waals surface area contributed by atoms with Gasteiger partial charge in [0.05, 0.1) is 0 Å². The predicted octanol–water partition coefficient (Wildman–Crippen LogP) is -0.108. The Bertz CT molecular complexity index is 270. The van der Waals surface area contributed by atoms with Crippen molar-refractivity contribution < 1.29 is 39.3 Å². The van der Waals surface area contributed by atoms with Crippen LogP contribution in [0.15, 0.2) is 30.3 Å². The molecule has 0 saturated heterocycles. The van der Waals surface area contributed by atoms with Gasteiger partial charge in [-0.15, -0.1) is 0 Å². The molecule has 0 heterocycles. The maximum Gasteiger partial charge on any atom is 2.00 e. The molecule has 0 aliphatic heterocycles.